The second kappa shape index (κ2) is 25.3. The van der Waals surface area contributed by atoms with Crippen LogP contribution < -0.4 is 11.2 Å². The van der Waals surface area contributed by atoms with Crippen molar-refractivity contribution in [2.45, 2.75) is 154 Å². The predicted octanol–water partition coefficient (Wildman–Crippen LogP) is 8.62. The Morgan fingerprint density at radius 1 is 0.959 bits per heavy atom. The molecule has 0 spiro atoms. The van der Waals surface area contributed by atoms with Crippen molar-refractivity contribution < 1.29 is 28.0 Å². The van der Waals surface area contributed by atoms with Crippen LogP contribution in [0.15, 0.2) is 27.9 Å². The zero-order valence-electron chi connectivity index (χ0n) is 30.3. The molecule has 1 aliphatic heterocycles. The predicted molar refractivity (Wildman–Crippen MR) is 200 cm³/mol. The highest BCUT2D eigenvalue weighted by Crippen LogP contribution is 2.45. The molecule has 0 saturated carbocycles. The van der Waals surface area contributed by atoms with Gasteiger partial charge >= 0.3 is 13.5 Å². The van der Waals surface area contributed by atoms with E-state index in [4.69, 9.17) is 24.9 Å². The van der Waals surface area contributed by atoms with Gasteiger partial charge in [0.1, 0.15) is 6.61 Å². The maximum absolute atomic E-state index is 12.9. The topological polar surface area (TPSA) is 129 Å². The van der Waals surface area contributed by atoms with Gasteiger partial charge in [-0.1, -0.05) is 123 Å². The number of H-pyrrole nitrogens is 1. The smallest absolute Gasteiger partial charge is 0.375 e. The largest absolute Gasteiger partial charge is 0.472 e. The summed E-state index contributed by atoms with van der Waals surface area (Å²) in [5, 5.41) is 0. The second-order valence-corrected chi connectivity index (χ2v) is 15.7. The molecule has 0 aromatic carbocycles. The summed E-state index contributed by atoms with van der Waals surface area (Å²) in [4.78, 5) is 36.8. The van der Waals surface area contributed by atoms with E-state index in [1.54, 1.807) is 18.7 Å². The summed E-state index contributed by atoms with van der Waals surface area (Å²) in [6, 6.07) is 0. The monoisotopic (exact) mass is 726 g/mol. The van der Waals surface area contributed by atoms with Crippen molar-refractivity contribution in [2.24, 2.45) is 0 Å². The van der Waals surface area contributed by atoms with Gasteiger partial charge in [-0.3, -0.25) is 23.4 Å². The van der Waals surface area contributed by atoms with E-state index < -0.39 is 37.5 Å². The van der Waals surface area contributed by atoms with Gasteiger partial charge in [0.05, 0.1) is 12.7 Å². The Balaban J connectivity index is 1.80. The van der Waals surface area contributed by atoms with Gasteiger partial charge in [0.2, 0.25) is 0 Å². The Bertz CT molecular complexity index is 1280. The molecule has 0 bridgehead atoms. The lowest BCUT2D eigenvalue weighted by Crippen LogP contribution is -2.37. The summed E-state index contributed by atoms with van der Waals surface area (Å²) in [5.74, 6) is 4.11. The first-order chi connectivity index (χ1) is 23.6. The number of thioether (sulfide) groups is 1. The number of aryl methyl sites for hydroxylation is 1. The first-order valence-corrected chi connectivity index (χ1v) is 21.3. The quantitative estimate of drug-likeness (QED) is 0.0347. The van der Waals surface area contributed by atoms with Crippen LogP contribution in [0.2, 0.25) is 0 Å². The molecule has 4 atom stereocenters. The van der Waals surface area contributed by atoms with Gasteiger partial charge in [0, 0.05) is 24.1 Å². The fourth-order valence-corrected chi connectivity index (χ4v) is 7.41. The Morgan fingerprint density at radius 3 is 2.12 bits per heavy atom. The van der Waals surface area contributed by atoms with E-state index >= 15 is 0 Å². The summed E-state index contributed by atoms with van der Waals surface area (Å²) in [6.07, 6.45) is 31.4. The molecule has 0 radical (unpaired) electrons. The first kappa shape index (κ1) is 43.5. The molecule has 0 amide bonds. The van der Waals surface area contributed by atoms with Gasteiger partial charge in [-0.15, -0.1) is 6.42 Å². The van der Waals surface area contributed by atoms with E-state index in [0.717, 1.165) is 25.0 Å². The van der Waals surface area contributed by atoms with Crippen LogP contribution >= 0.6 is 19.6 Å². The molecule has 0 fully saturated rings. The third-order valence-corrected chi connectivity index (χ3v) is 10.8. The Hall–Kier alpha value is -1.64. The number of hydrogen-bond acceptors (Lipinski definition) is 8. The number of aromatic amines is 1. The van der Waals surface area contributed by atoms with Crippen molar-refractivity contribution in [1.82, 2.24) is 9.55 Å². The van der Waals surface area contributed by atoms with E-state index in [9.17, 15) is 19.0 Å². The number of terminal acetylenes is 1. The SMILES string of the molecule is C#C[C@@]1(COP(=O)(O)OC[C@@H](CSCCCCCCCCCCCC)OCCCCCCCCCC)C=C[C@H](n2cc(C)c(=O)[nH]c2=O)O1. The minimum atomic E-state index is -4.52. The highest BCUT2D eigenvalue weighted by atomic mass is 32.2. The van der Waals surface area contributed by atoms with Gasteiger partial charge in [-0.05, 0) is 37.7 Å². The van der Waals surface area contributed by atoms with Crippen molar-refractivity contribution in [3.8, 4) is 12.3 Å². The molecule has 2 N–H and O–H groups in total. The van der Waals surface area contributed by atoms with Gasteiger partial charge < -0.3 is 14.4 Å². The molecule has 1 aliphatic rings. The van der Waals surface area contributed by atoms with Crippen molar-refractivity contribution in [1.29, 1.82) is 0 Å². The molecule has 12 heteroatoms. The molecule has 49 heavy (non-hydrogen) atoms. The highest BCUT2D eigenvalue weighted by molar-refractivity contribution is 7.99. The Labute approximate surface area is 299 Å². The molecule has 2 rings (SSSR count). The lowest BCUT2D eigenvalue weighted by Gasteiger charge is -2.25. The van der Waals surface area contributed by atoms with Crippen LogP contribution in [0.5, 0.6) is 0 Å². The van der Waals surface area contributed by atoms with Gasteiger partial charge in [-0.2, -0.15) is 11.8 Å². The number of phosphoric acid groups is 1. The average molecular weight is 727 g/mol. The number of nitrogens with zero attached hydrogens (tertiary/aromatic N) is 1. The first-order valence-electron chi connectivity index (χ1n) is 18.6. The molecule has 0 aliphatic carbocycles. The minimum Gasteiger partial charge on any atom is -0.375 e. The van der Waals surface area contributed by atoms with E-state index in [0.29, 0.717) is 17.9 Å². The summed E-state index contributed by atoms with van der Waals surface area (Å²) in [5.41, 5.74) is -2.35. The highest BCUT2D eigenvalue weighted by Gasteiger charge is 2.38. The molecule has 0 saturated heterocycles. The van der Waals surface area contributed by atoms with Crippen molar-refractivity contribution >= 4 is 19.6 Å². The molecule has 1 aromatic heterocycles. The fraction of sp³-hybridized carbons (Fsp3) is 0.784. The van der Waals surface area contributed by atoms with Crippen LogP contribution in [-0.4, -0.2) is 57.5 Å². The van der Waals surface area contributed by atoms with E-state index in [2.05, 4.69) is 24.8 Å². The average Bonchev–Trinajstić information content (AvgIpc) is 3.52. The third kappa shape index (κ3) is 18.4. The van der Waals surface area contributed by atoms with Crippen molar-refractivity contribution in [3.63, 3.8) is 0 Å². The molecule has 10 nitrogen and oxygen atoms in total. The number of aromatic nitrogens is 2. The molecule has 1 unspecified atom stereocenters. The van der Waals surface area contributed by atoms with Gasteiger partial charge in [0.15, 0.2) is 11.8 Å². The molecular formula is C37H63N2O8PS. The molecule has 280 valence electrons. The fourth-order valence-electron chi connectivity index (χ4n) is 5.59. The lowest BCUT2D eigenvalue weighted by atomic mass is 10.1. The number of phosphoric ester groups is 1. The zero-order valence-corrected chi connectivity index (χ0v) is 32.0. The summed E-state index contributed by atoms with van der Waals surface area (Å²) >= 11 is 1.78. The number of unbranched alkanes of at least 4 members (excludes halogenated alkanes) is 16. The van der Waals surface area contributed by atoms with E-state index in [1.165, 1.54) is 119 Å². The van der Waals surface area contributed by atoms with Crippen LogP contribution in [0.1, 0.15) is 141 Å². The molecular weight excluding hydrogens is 663 g/mol. The van der Waals surface area contributed by atoms with Crippen LogP contribution in [0, 0.1) is 19.3 Å². The lowest BCUT2D eigenvalue weighted by molar-refractivity contribution is -0.0527. The number of nitrogens with one attached hydrogen (secondary N) is 1. The summed E-state index contributed by atoms with van der Waals surface area (Å²) in [7, 11) is -4.52. The molecule has 1 aromatic rings. The van der Waals surface area contributed by atoms with Gasteiger partial charge in [0.25, 0.3) is 5.56 Å². The molecule has 2 heterocycles. The normalized spacial score (nSPS) is 19.2. The van der Waals surface area contributed by atoms with E-state index in [-0.39, 0.29) is 12.7 Å². The van der Waals surface area contributed by atoms with Crippen LogP contribution in [0.3, 0.4) is 0 Å². The number of hydrogen-bond donors (Lipinski definition) is 2. The third-order valence-electron chi connectivity index (χ3n) is 8.69. The number of rotatable bonds is 30. The maximum atomic E-state index is 12.9. The zero-order chi connectivity index (χ0) is 35.8. The van der Waals surface area contributed by atoms with Crippen LogP contribution in [-0.2, 0) is 23.1 Å². The number of ether oxygens (including phenoxy) is 2. The van der Waals surface area contributed by atoms with Crippen molar-refractivity contribution in [3.05, 3.63) is 44.8 Å². The van der Waals surface area contributed by atoms with E-state index in [1.807, 2.05) is 0 Å². The Kier molecular flexibility index (Phi) is 22.5. The standard InChI is InChI=1S/C37H63N2O8PS/c1-5-8-10-12-14-16-17-19-21-23-27-49-30-33(44-26-22-20-18-15-13-11-9-6-2)29-45-48(42,43)46-31-37(7-3)25-24-34(47-37)39-28-32(4)35(40)38-36(39)41/h3,24-25,28,33-34H,5-6,8-23,26-27,29-31H2,1-2,4H3,(H,42,43)(H,38,40,41)/t33-,34+,37-/m0/s1. The maximum Gasteiger partial charge on any atom is 0.472 e. The van der Waals surface area contributed by atoms with Crippen molar-refractivity contribution in [2.75, 3.05) is 31.3 Å². The second-order valence-electron chi connectivity index (χ2n) is 13.1. The minimum absolute atomic E-state index is 0.0930. The van der Waals surface area contributed by atoms with Crippen LogP contribution in [0.4, 0.5) is 0 Å². The van der Waals surface area contributed by atoms with Crippen LogP contribution in [0.25, 0.3) is 0 Å². The van der Waals surface area contributed by atoms with Gasteiger partial charge in [-0.25, -0.2) is 9.36 Å². The summed E-state index contributed by atoms with van der Waals surface area (Å²) < 4.78 is 36.8. The Morgan fingerprint density at radius 2 is 1.53 bits per heavy atom. The summed E-state index contributed by atoms with van der Waals surface area (Å²) in [6.45, 7) is 6.04.